The zero-order valence-electron chi connectivity index (χ0n) is 27.6. The first-order valence-corrected chi connectivity index (χ1v) is 17.5. The Kier molecular flexibility index (Phi) is 6.67. The minimum absolute atomic E-state index is 0.340. The second kappa shape index (κ2) is 11.6. The van der Waals surface area contributed by atoms with E-state index >= 15 is 0 Å². The molecule has 2 nitrogen and oxygen atoms in total. The van der Waals surface area contributed by atoms with Gasteiger partial charge in [0, 0.05) is 44.0 Å². The second-order valence-corrected chi connectivity index (χ2v) is 13.3. The van der Waals surface area contributed by atoms with Crippen LogP contribution < -0.4 is 10.6 Å². The second-order valence-electron chi connectivity index (χ2n) is 13.3. The van der Waals surface area contributed by atoms with Crippen molar-refractivity contribution in [1.82, 2.24) is 9.13 Å². The standard InChI is InChI=1S/C48H34N2/c1-4-12-33(13-5-1)35-20-25-40(26-21-35)50-47-27-22-36(34-14-6-2-7-15-34)30-43(47)44-32-38(24-29-48(44)50)37-23-28-46-42(31-37)41-18-10-11-19-45(41)49(46)39-16-8-3-9-17-39/h1-21,23-32,36H,22H2. The first-order chi connectivity index (χ1) is 24.8. The minimum Gasteiger partial charge on any atom is -0.310 e. The third-order valence-corrected chi connectivity index (χ3v) is 10.5. The van der Waals surface area contributed by atoms with E-state index in [1.54, 1.807) is 0 Å². The molecule has 236 valence electrons. The van der Waals surface area contributed by atoms with Gasteiger partial charge in [-0.3, -0.25) is 0 Å². The van der Waals surface area contributed by atoms with Crippen LogP contribution in [0.2, 0.25) is 0 Å². The van der Waals surface area contributed by atoms with Crippen molar-refractivity contribution in [3.8, 4) is 33.6 Å². The maximum Gasteiger partial charge on any atom is 0.0541 e. The van der Waals surface area contributed by atoms with E-state index in [0.29, 0.717) is 5.92 Å². The molecule has 2 aromatic heterocycles. The van der Waals surface area contributed by atoms with E-state index in [9.17, 15) is 0 Å². The molecule has 50 heavy (non-hydrogen) atoms. The van der Waals surface area contributed by atoms with E-state index in [1.165, 1.54) is 82.5 Å². The van der Waals surface area contributed by atoms with Crippen LogP contribution in [0.15, 0.2) is 176 Å². The maximum absolute atomic E-state index is 2.50. The van der Waals surface area contributed by atoms with Gasteiger partial charge >= 0.3 is 0 Å². The lowest BCUT2D eigenvalue weighted by molar-refractivity contribution is 0.907. The number of para-hydroxylation sites is 2. The Bertz CT molecular complexity index is 2810. The number of rotatable bonds is 5. The van der Waals surface area contributed by atoms with Crippen molar-refractivity contribution >= 4 is 44.9 Å². The third-order valence-electron chi connectivity index (χ3n) is 10.5. The number of nitrogens with zero attached hydrogens (tertiary/aromatic N) is 2. The van der Waals surface area contributed by atoms with Gasteiger partial charge in [0.2, 0.25) is 0 Å². The van der Waals surface area contributed by atoms with Crippen LogP contribution in [0.3, 0.4) is 0 Å². The molecule has 0 N–H and O–H groups in total. The molecule has 0 spiro atoms. The van der Waals surface area contributed by atoms with Gasteiger partial charge in [-0.2, -0.15) is 0 Å². The van der Waals surface area contributed by atoms with Gasteiger partial charge < -0.3 is 9.13 Å². The lowest BCUT2D eigenvalue weighted by atomic mass is 9.91. The predicted molar refractivity (Wildman–Crippen MR) is 210 cm³/mol. The predicted octanol–water partition coefficient (Wildman–Crippen LogP) is 10.8. The number of fused-ring (bicyclic) bond motifs is 6. The van der Waals surface area contributed by atoms with Crippen molar-refractivity contribution in [2.24, 2.45) is 0 Å². The van der Waals surface area contributed by atoms with Crippen LogP contribution in [-0.2, 0) is 0 Å². The highest BCUT2D eigenvalue weighted by Crippen LogP contribution is 2.36. The van der Waals surface area contributed by atoms with E-state index in [1.807, 2.05) is 0 Å². The summed E-state index contributed by atoms with van der Waals surface area (Å²) in [5.41, 5.74) is 12.3. The molecule has 1 aliphatic rings. The van der Waals surface area contributed by atoms with Crippen LogP contribution in [0, 0.1) is 0 Å². The third kappa shape index (κ3) is 4.64. The van der Waals surface area contributed by atoms with Crippen molar-refractivity contribution in [2.45, 2.75) is 12.3 Å². The Hall–Kier alpha value is -6.38. The van der Waals surface area contributed by atoms with Crippen molar-refractivity contribution in [3.05, 3.63) is 192 Å². The molecule has 9 aromatic rings. The summed E-state index contributed by atoms with van der Waals surface area (Å²) in [6.45, 7) is 0. The van der Waals surface area contributed by atoms with E-state index < -0.39 is 0 Å². The Balaban J connectivity index is 1.16. The number of aromatic nitrogens is 2. The Labute approximate surface area is 291 Å². The van der Waals surface area contributed by atoms with Crippen molar-refractivity contribution in [3.63, 3.8) is 0 Å². The van der Waals surface area contributed by atoms with Crippen LogP contribution >= 0.6 is 0 Å². The first kappa shape index (κ1) is 28.6. The van der Waals surface area contributed by atoms with Gasteiger partial charge in [-0.25, -0.2) is 0 Å². The molecule has 2 heterocycles. The smallest absolute Gasteiger partial charge is 0.0541 e. The lowest BCUT2D eigenvalue weighted by Gasteiger charge is -2.14. The fourth-order valence-corrected chi connectivity index (χ4v) is 8.05. The molecule has 7 aromatic carbocycles. The van der Waals surface area contributed by atoms with Gasteiger partial charge in [-0.05, 0) is 88.8 Å². The summed E-state index contributed by atoms with van der Waals surface area (Å²) in [5, 5.41) is 6.41. The molecule has 0 fully saturated rings. The normalized spacial score (nSPS) is 14.0. The summed E-state index contributed by atoms with van der Waals surface area (Å²) in [7, 11) is 0. The number of hydrogen-bond acceptors (Lipinski definition) is 0. The molecule has 0 saturated heterocycles. The SMILES string of the molecule is C1=c2c(n(-c3ccc(-c4ccccc4)cc3)c3ccc(-c4ccc5c(c4)c4ccccc4n5-c4ccccc4)cc23)=CCC1c1ccccc1. The van der Waals surface area contributed by atoms with E-state index in [-0.39, 0.29) is 0 Å². The highest BCUT2D eigenvalue weighted by molar-refractivity contribution is 6.10. The fraction of sp³-hybridized carbons (Fsp3) is 0.0417. The molecule has 0 bridgehead atoms. The molecule has 0 amide bonds. The van der Waals surface area contributed by atoms with Crippen LogP contribution in [0.5, 0.6) is 0 Å². The van der Waals surface area contributed by atoms with Crippen LogP contribution in [0.4, 0.5) is 0 Å². The Morgan fingerprint density at radius 2 is 0.940 bits per heavy atom. The maximum atomic E-state index is 2.50. The van der Waals surface area contributed by atoms with Crippen LogP contribution in [0.1, 0.15) is 17.9 Å². The average Bonchev–Trinajstić information content (AvgIpc) is 3.71. The van der Waals surface area contributed by atoms with Crippen LogP contribution in [-0.4, -0.2) is 9.13 Å². The first-order valence-electron chi connectivity index (χ1n) is 17.5. The average molecular weight is 639 g/mol. The largest absolute Gasteiger partial charge is 0.310 e. The highest BCUT2D eigenvalue weighted by atomic mass is 15.0. The number of hydrogen-bond donors (Lipinski definition) is 0. The Morgan fingerprint density at radius 1 is 0.400 bits per heavy atom. The molecule has 1 atom stereocenters. The quantitative estimate of drug-likeness (QED) is 0.178. The molecule has 1 aliphatic carbocycles. The summed E-state index contributed by atoms with van der Waals surface area (Å²) >= 11 is 0. The van der Waals surface area contributed by atoms with Crippen molar-refractivity contribution in [1.29, 1.82) is 0 Å². The summed E-state index contributed by atoms with van der Waals surface area (Å²) in [4.78, 5) is 0. The molecule has 10 rings (SSSR count). The monoisotopic (exact) mass is 638 g/mol. The molecule has 2 heteroatoms. The zero-order chi connectivity index (χ0) is 33.0. The molecule has 0 saturated carbocycles. The zero-order valence-corrected chi connectivity index (χ0v) is 27.6. The van der Waals surface area contributed by atoms with Crippen molar-refractivity contribution < 1.29 is 0 Å². The van der Waals surface area contributed by atoms with Gasteiger partial charge in [-0.15, -0.1) is 0 Å². The van der Waals surface area contributed by atoms with Gasteiger partial charge in [0.25, 0.3) is 0 Å². The topological polar surface area (TPSA) is 9.86 Å². The van der Waals surface area contributed by atoms with Gasteiger partial charge in [0.05, 0.1) is 16.6 Å². The lowest BCUT2D eigenvalue weighted by Crippen LogP contribution is -2.31. The summed E-state index contributed by atoms with van der Waals surface area (Å²) in [6, 6.07) is 64.0. The highest BCUT2D eigenvalue weighted by Gasteiger charge is 2.18. The molecule has 1 unspecified atom stereocenters. The van der Waals surface area contributed by atoms with Gasteiger partial charge in [-0.1, -0.05) is 133 Å². The molecular weight excluding hydrogens is 605 g/mol. The van der Waals surface area contributed by atoms with Gasteiger partial charge in [0.1, 0.15) is 0 Å². The van der Waals surface area contributed by atoms with Crippen LogP contribution in [0.25, 0.3) is 78.5 Å². The van der Waals surface area contributed by atoms with Crippen molar-refractivity contribution in [2.75, 3.05) is 0 Å². The fourth-order valence-electron chi connectivity index (χ4n) is 8.05. The summed E-state index contributed by atoms with van der Waals surface area (Å²) in [5.74, 6) is 0.340. The van der Waals surface area contributed by atoms with Gasteiger partial charge in [0.15, 0.2) is 0 Å². The molecule has 0 aliphatic heterocycles. The summed E-state index contributed by atoms with van der Waals surface area (Å²) in [6.07, 6.45) is 5.93. The summed E-state index contributed by atoms with van der Waals surface area (Å²) < 4.78 is 4.84. The number of benzene rings is 7. The van der Waals surface area contributed by atoms with E-state index in [0.717, 1.165) is 6.42 Å². The molecular formula is C48H34N2. The molecule has 0 radical (unpaired) electrons. The minimum atomic E-state index is 0.340. The Morgan fingerprint density at radius 3 is 1.68 bits per heavy atom. The van der Waals surface area contributed by atoms with E-state index in [4.69, 9.17) is 0 Å². The van der Waals surface area contributed by atoms with E-state index in [2.05, 4.69) is 197 Å².